The lowest BCUT2D eigenvalue weighted by molar-refractivity contribution is 0.101. The fraction of sp³-hybridized carbons (Fsp3) is 0.190. The minimum Gasteiger partial charge on any atom is -0.492 e. The zero-order valence-electron chi connectivity index (χ0n) is 17.2. The monoisotopic (exact) mass is 458 g/mol. The minimum absolute atomic E-state index is 0.0321. The van der Waals surface area contributed by atoms with Gasteiger partial charge in [0.2, 0.25) is 10.0 Å². The van der Waals surface area contributed by atoms with E-state index in [2.05, 4.69) is 10.4 Å². The van der Waals surface area contributed by atoms with Crippen LogP contribution < -0.4 is 25.5 Å². The van der Waals surface area contributed by atoms with E-state index in [4.69, 9.17) is 14.6 Å². The Kier molecular flexibility index (Phi) is 7.23. The third kappa shape index (κ3) is 5.93. The van der Waals surface area contributed by atoms with Gasteiger partial charge in [-0.15, -0.1) is 0 Å². The van der Waals surface area contributed by atoms with Crippen molar-refractivity contribution in [2.24, 2.45) is 5.14 Å². The third-order valence-electron chi connectivity index (χ3n) is 4.22. The van der Waals surface area contributed by atoms with E-state index in [-0.39, 0.29) is 41.8 Å². The van der Waals surface area contributed by atoms with Gasteiger partial charge in [0.1, 0.15) is 28.7 Å². The van der Waals surface area contributed by atoms with E-state index in [0.29, 0.717) is 5.75 Å². The van der Waals surface area contributed by atoms with Gasteiger partial charge in [0, 0.05) is 11.8 Å². The predicted molar refractivity (Wildman–Crippen MR) is 117 cm³/mol. The minimum atomic E-state index is -4.08. The number of anilines is 1. The molecule has 1 amide bonds. The van der Waals surface area contributed by atoms with Crippen LogP contribution in [0.3, 0.4) is 0 Å². The average molecular weight is 458 g/mol. The SMILES string of the molecule is CCOc1ccc(NC(=O)c2ccc(=O)n(CCOc3ccccc3)n2)cc1S(N)(=O)=O. The molecule has 3 N–H and O–H groups in total. The Labute approximate surface area is 184 Å². The Hall–Kier alpha value is -3.70. The molecular weight excluding hydrogens is 436 g/mol. The van der Waals surface area contributed by atoms with Gasteiger partial charge in [-0.1, -0.05) is 18.2 Å². The molecule has 0 bridgehead atoms. The van der Waals surface area contributed by atoms with Gasteiger partial charge in [-0.3, -0.25) is 9.59 Å². The van der Waals surface area contributed by atoms with Crippen molar-refractivity contribution in [2.45, 2.75) is 18.4 Å². The van der Waals surface area contributed by atoms with Crippen LogP contribution in [0.25, 0.3) is 0 Å². The van der Waals surface area contributed by atoms with Gasteiger partial charge in [0.15, 0.2) is 0 Å². The number of hydrogen-bond donors (Lipinski definition) is 2. The standard InChI is InChI=1S/C21H22N4O6S/c1-2-30-18-10-8-15(14-19(18)32(22,28)29)23-21(27)17-9-11-20(26)25(24-17)12-13-31-16-6-4-3-5-7-16/h3-11,14H,2,12-13H2,1H3,(H,23,27)(H2,22,28,29). The normalized spacial score (nSPS) is 11.1. The summed E-state index contributed by atoms with van der Waals surface area (Å²) >= 11 is 0. The van der Waals surface area contributed by atoms with Crippen LogP contribution in [0.4, 0.5) is 5.69 Å². The van der Waals surface area contributed by atoms with Crippen molar-refractivity contribution in [3.8, 4) is 11.5 Å². The maximum absolute atomic E-state index is 12.6. The Morgan fingerprint density at radius 3 is 2.53 bits per heavy atom. The molecule has 0 aliphatic carbocycles. The maximum atomic E-state index is 12.6. The number of primary sulfonamides is 1. The van der Waals surface area contributed by atoms with E-state index in [1.54, 1.807) is 19.1 Å². The molecule has 1 heterocycles. The van der Waals surface area contributed by atoms with Crippen LogP contribution in [0.2, 0.25) is 0 Å². The van der Waals surface area contributed by atoms with Crippen molar-refractivity contribution in [3.05, 3.63) is 76.7 Å². The van der Waals surface area contributed by atoms with E-state index in [1.807, 2.05) is 18.2 Å². The molecule has 10 nitrogen and oxygen atoms in total. The molecule has 2 aromatic carbocycles. The van der Waals surface area contributed by atoms with E-state index in [9.17, 15) is 18.0 Å². The van der Waals surface area contributed by atoms with Crippen molar-refractivity contribution in [3.63, 3.8) is 0 Å². The lowest BCUT2D eigenvalue weighted by Crippen LogP contribution is -2.28. The van der Waals surface area contributed by atoms with Gasteiger partial charge >= 0.3 is 0 Å². The number of sulfonamides is 1. The molecule has 1 aromatic heterocycles. The first kappa shape index (κ1) is 23.0. The molecule has 0 unspecified atom stereocenters. The van der Waals surface area contributed by atoms with Gasteiger partial charge < -0.3 is 14.8 Å². The zero-order valence-corrected chi connectivity index (χ0v) is 18.0. The summed E-state index contributed by atoms with van der Waals surface area (Å²) in [6.07, 6.45) is 0. The number of aromatic nitrogens is 2. The maximum Gasteiger partial charge on any atom is 0.276 e. The topological polar surface area (TPSA) is 143 Å². The highest BCUT2D eigenvalue weighted by atomic mass is 32.2. The van der Waals surface area contributed by atoms with Gasteiger partial charge in [0.05, 0.1) is 13.2 Å². The van der Waals surface area contributed by atoms with Crippen molar-refractivity contribution in [1.29, 1.82) is 0 Å². The summed E-state index contributed by atoms with van der Waals surface area (Å²) in [4.78, 5) is 24.4. The fourth-order valence-corrected chi connectivity index (χ4v) is 3.47. The van der Waals surface area contributed by atoms with Crippen molar-refractivity contribution < 1.29 is 22.7 Å². The van der Waals surface area contributed by atoms with E-state index >= 15 is 0 Å². The van der Waals surface area contributed by atoms with Crippen LogP contribution in [-0.4, -0.2) is 37.3 Å². The first-order valence-corrected chi connectivity index (χ1v) is 11.2. The first-order valence-electron chi connectivity index (χ1n) is 9.65. The number of ether oxygens (including phenoxy) is 2. The summed E-state index contributed by atoms with van der Waals surface area (Å²) in [6.45, 7) is 2.26. The number of carbonyl (C=O) groups excluding carboxylic acids is 1. The second-order valence-corrected chi connectivity index (χ2v) is 8.06. The zero-order chi connectivity index (χ0) is 23.1. The molecule has 3 rings (SSSR count). The number of nitrogens with zero attached hydrogens (tertiary/aromatic N) is 2. The molecule has 0 aliphatic heterocycles. The van der Waals surface area contributed by atoms with Crippen molar-refractivity contribution in [2.75, 3.05) is 18.5 Å². The van der Waals surface area contributed by atoms with E-state index in [0.717, 1.165) is 4.68 Å². The molecule has 0 atom stereocenters. The highest BCUT2D eigenvalue weighted by Crippen LogP contribution is 2.26. The molecule has 32 heavy (non-hydrogen) atoms. The Balaban J connectivity index is 1.74. The van der Waals surface area contributed by atoms with Gasteiger partial charge in [0.25, 0.3) is 11.5 Å². The number of amides is 1. The first-order chi connectivity index (χ1) is 15.3. The second-order valence-electron chi connectivity index (χ2n) is 6.54. The molecule has 0 saturated carbocycles. The number of rotatable bonds is 9. The summed E-state index contributed by atoms with van der Waals surface area (Å²) in [5, 5.41) is 11.8. The van der Waals surface area contributed by atoms with Crippen molar-refractivity contribution >= 4 is 21.6 Å². The number of nitrogens with one attached hydrogen (secondary N) is 1. The molecule has 0 spiro atoms. The molecule has 0 radical (unpaired) electrons. The Bertz CT molecular complexity index is 1260. The highest BCUT2D eigenvalue weighted by Gasteiger charge is 2.18. The van der Waals surface area contributed by atoms with Gasteiger partial charge in [-0.2, -0.15) is 5.10 Å². The molecule has 3 aromatic rings. The summed E-state index contributed by atoms with van der Waals surface area (Å²) in [5.74, 6) is 0.0981. The summed E-state index contributed by atoms with van der Waals surface area (Å²) in [7, 11) is -4.08. The number of nitrogens with two attached hydrogens (primary N) is 1. The Morgan fingerprint density at radius 1 is 1.09 bits per heavy atom. The van der Waals surface area contributed by atoms with Crippen LogP contribution in [0.15, 0.2) is 70.4 Å². The number of carbonyl (C=O) groups is 1. The number of para-hydroxylation sites is 1. The number of hydrogen-bond acceptors (Lipinski definition) is 7. The molecular formula is C21H22N4O6S. The lowest BCUT2D eigenvalue weighted by Gasteiger charge is -2.12. The summed E-state index contributed by atoms with van der Waals surface area (Å²) < 4.78 is 35.6. The third-order valence-corrected chi connectivity index (χ3v) is 5.15. The van der Waals surface area contributed by atoms with Gasteiger partial charge in [-0.25, -0.2) is 18.2 Å². The summed E-state index contributed by atoms with van der Waals surface area (Å²) in [6, 6.07) is 15.6. The van der Waals surface area contributed by atoms with Crippen LogP contribution in [-0.2, 0) is 16.6 Å². The van der Waals surface area contributed by atoms with Crippen molar-refractivity contribution in [1.82, 2.24) is 9.78 Å². The number of benzene rings is 2. The fourth-order valence-electron chi connectivity index (χ4n) is 2.77. The van der Waals surface area contributed by atoms with Gasteiger partial charge in [-0.05, 0) is 43.3 Å². The molecule has 0 fully saturated rings. The molecule has 0 aliphatic rings. The van der Waals surface area contributed by atoms with E-state index in [1.165, 1.54) is 30.3 Å². The smallest absolute Gasteiger partial charge is 0.276 e. The Morgan fingerprint density at radius 2 is 1.84 bits per heavy atom. The molecule has 0 saturated heterocycles. The van der Waals surface area contributed by atoms with E-state index < -0.39 is 21.5 Å². The largest absolute Gasteiger partial charge is 0.492 e. The molecule has 168 valence electrons. The molecule has 11 heteroatoms. The quantitative estimate of drug-likeness (QED) is 0.496. The summed E-state index contributed by atoms with van der Waals surface area (Å²) in [5.41, 5.74) is -0.249. The average Bonchev–Trinajstić information content (AvgIpc) is 2.76. The highest BCUT2D eigenvalue weighted by molar-refractivity contribution is 7.89. The van der Waals surface area contributed by atoms with Crippen LogP contribution in [0, 0.1) is 0 Å². The second kappa shape index (κ2) is 10.1. The van der Waals surface area contributed by atoms with Crippen LogP contribution >= 0.6 is 0 Å². The lowest BCUT2D eigenvalue weighted by atomic mass is 10.3. The predicted octanol–water partition coefficient (Wildman–Crippen LogP) is 1.62. The van der Waals surface area contributed by atoms with Crippen LogP contribution in [0.1, 0.15) is 17.4 Å². The van der Waals surface area contributed by atoms with Crippen LogP contribution in [0.5, 0.6) is 11.5 Å².